The third-order valence-electron chi connectivity index (χ3n) is 11.2. The molecule has 274 valence electrons. The molecule has 9 rings (SSSR count). The van der Waals surface area contributed by atoms with E-state index < -0.39 is 0 Å². The molecular formula is C41H43ClFN7O3. The second-order valence-electron chi connectivity index (χ2n) is 14.9. The minimum Gasteiger partial charge on any atom is -0.473 e. The van der Waals surface area contributed by atoms with Gasteiger partial charge in [0.1, 0.15) is 18.2 Å². The summed E-state index contributed by atoms with van der Waals surface area (Å²) in [5.41, 5.74) is 14.9. The van der Waals surface area contributed by atoms with Crippen LogP contribution in [0.1, 0.15) is 82.6 Å². The van der Waals surface area contributed by atoms with Gasteiger partial charge in [-0.05, 0) is 118 Å². The molecule has 1 amide bonds. The quantitative estimate of drug-likeness (QED) is 0.126. The first-order valence-electron chi connectivity index (χ1n) is 18.7. The van der Waals surface area contributed by atoms with Crippen molar-refractivity contribution >= 4 is 39.9 Å². The molecule has 3 N–H and O–H groups in total. The molecule has 3 fully saturated rings. The molecule has 53 heavy (non-hydrogen) atoms. The monoisotopic (exact) mass is 735 g/mol. The molecule has 1 saturated carbocycles. The fraction of sp³-hybridized carbons (Fsp3) is 0.390. The van der Waals surface area contributed by atoms with Crippen LogP contribution in [0, 0.1) is 18.7 Å². The van der Waals surface area contributed by atoms with E-state index in [1.54, 1.807) is 12.1 Å². The van der Waals surface area contributed by atoms with Gasteiger partial charge in [0.25, 0.3) is 5.91 Å². The summed E-state index contributed by atoms with van der Waals surface area (Å²) in [6, 6.07) is 20.7. The van der Waals surface area contributed by atoms with Gasteiger partial charge in [-0.1, -0.05) is 23.7 Å². The van der Waals surface area contributed by atoms with Gasteiger partial charge in [-0.15, -0.1) is 0 Å². The van der Waals surface area contributed by atoms with Crippen molar-refractivity contribution in [2.45, 2.75) is 76.8 Å². The van der Waals surface area contributed by atoms with E-state index in [2.05, 4.69) is 38.6 Å². The highest BCUT2D eigenvalue weighted by Crippen LogP contribution is 2.47. The van der Waals surface area contributed by atoms with Gasteiger partial charge in [0.05, 0.1) is 42.0 Å². The highest BCUT2D eigenvalue weighted by Gasteiger charge is 2.37. The number of carbonyl (C=O) groups excluding carboxylic acids is 1. The number of rotatable bonds is 11. The van der Waals surface area contributed by atoms with Crippen LogP contribution >= 0.6 is 11.6 Å². The molecule has 5 heterocycles. The Labute approximate surface area is 313 Å². The van der Waals surface area contributed by atoms with Crippen molar-refractivity contribution in [2.24, 2.45) is 5.92 Å². The zero-order chi connectivity index (χ0) is 36.1. The zero-order valence-corrected chi connectivity index (χ0v) is 30.5. The zero-order valence-electron chi connectivity index (χ0n) is 29.7. The van der Waals surface area contributed by atoms with Gasteiger partial charge >= 0.3 is 0 Å². The summed E-state index contributed by atoms with van der Waals surface area (Å²) >= 11 is 5.89. The molecule has 0 radical (unpaired) electrons. The summed E-state index contributed by atoms with van der Waals surface area (Å²) in [5, 5.41) is 3.52. The van der Waals surface area contributed by atoms with Crippen LogP contribution in [0.15, 0.2) is 66.7 Å². The third kappa shape index (κ3) is 7.23. The minimum atomic E-state index is -0.390. The van der Waals surface area contributed by atoms with E-state index in [1.165, 1.54) is 24.5 Å². The number of ether oxygens (including phenoxy) is 2. The summed E-state index contributed by atoms with van der Waals surface area (Å²) in [4.78, 5) is 25.9. The predicted molar refractivity (Wildman–Crippen MR) is 203 cm³/mol. The number of likely N-dealkylation sites (tertiary alicyclic amines) is 1. The molecule has 2 saturated heterocycles. The lowest BCUT2D eigenvalue weighted by atomic mass is 9.93. The van der Waals surface area contributed by atoms with Crippen LogP contribution in [0.5, 0.6) is 5.88 Å². The van der Waals surface area contributed by atoms with Crippen LogP contribution in [0.4, 0.5) is 15.8 Å². The van der Waals surface area contributed by atoms with Crippen LogP contribution < -0.4 is 20.9 Å². The number of benzene rings is 3. The lowest BCUT2D eigenvalue weighted by Gasteiger charge is -2.32. The molecule has 10 nitrogen and oxygen atoms in total. The van der Waals surface area contributed by atoms with Crippen LogP contribution in [0.3, 0.4) is 0 Å². The maximum atomic E-state index is 14.3. The minimum absolute atomic E-state index is 0.0852. The van der Waals surface area contributed by atoms with E-state index in [-0.39, 0.29) is 30.5 Å². The molecule has 2 atom stereocenters. The van der Waals surface area contributed by atoms with Crippen molar-refractivity contribution in [3.63, 3.8) is 0 Å². The van der Waals surface area contributed by atoms with Crippen molar-refractivity contribution in [1.82, 2.24) is 24.9 Å². The van der Waals surface area contributed by atoms with Crippen molar-refractivity contribution in [1.29, 1.82) is 0 Å². The molecular weight excluding hydrogens is 693 g/mol. The summed E-state index contributed by atoms with van der Waals surface area (Å²) in [6.07, 6.45) is 5.56. The number of nitrogens with one attached hydrogen (secondary N) is 3. The number of amides is 1. The number of aryl methyl sites for hydroxylation is 1. The van der Waals surface area contributed by atoms with E-state index in [4.69, 9.17) is 31.0 Å². The Morgan fingerprint density at radius 1 is 1.04 bits per heavy atom. The maximum absolute atomic E-state index is 14.3. The van der Waals surface area contributed by atoms with Crippen LogP contribution in [-0.2, 0) is 24.4 Å². The van der Waals surface area contributed by atoms with Crippen molar-refractivity contribution in [3.8, 4) is 5.88 Å². The van der Waals surface area contributed by atoms with E-state index in [1.807, 2.05) is 42.5 Å². The van der Waals surface area contributed by atoms with Gasteiger partial charge in [0, 0.05) is 46.1 Å². The lowest BCUT2D eigenvalue weighted by Crippen LogP contribution is -2.35. The first-order chi connectivity index (χ1) is 25.8. The molecule has 3 aliphatic heterocycles. The standard InChI is InChI=1S/C41H43ClFN7O3/c1-24-17-30(20-32-39(24)47-48-40(32)26-5-6-26)44-41(51)27-8-10-36-35(18-27)45-37(50(36)21-31-13-16-52-31)22-49-14-11-25(12-15-49)34-3-2-4-38(46-34)53-23-28-7-9-29(42)19-33(28)43/h2-4,7-10,17-20,25-26,31,40,47-48H,5-6,11-16,21-23H2,1H3,(H,44,51)/t31-,40?/m0/s1. The number of hydrogen-bond acceptors (Lipinski definition) is 8. The first-order valence-corrected chi connectivity index (χ1v) is 19.1. The van der Waals surface area contributed by atoms with Crippen molar-refractivity contribution in [3.05, 3.63) is 111 Å². The Balaban J connectivity index is 0.871. The highest BCUT2D eigenvalue weighted by molar-refractivity contribution is 6.30. The second kappa shape index (κ2) is 14.4. The number of hydrazine groups is 1. The molecule has 1 unspecified atom stereocenters. The van der Waals surface area contributed by atoms with Crippen LogP contribution in [0.25, 0.3) is 11.0 Å². The van der Waals surface area contributed by atoms with Gasteiger partial charge in [0.2, 0.25) is 5.88 Å². The molecule has 4 aliphatic rings. The average Bonchev–Trinajstić information content (AvgIpc) is 3.80. The van der Waals surface area contributed by atoms with E-state index in [0.717, 1.165) is 85.0 Å². The molecule has 0 bridgehead atoms. The van der Waals surface area contributed by atoms with Gasteiger partial charge < -0.3 is 24.8 Å². The number of anilines is 2. The van der Waals surface area contributed by atoms with E-state index in [0.29, 0.717) is 40.4 Å². The maximum Gasteiger partial charge on any atom is 0.255 e. The smallest absolute Gasteiger partial charge is 0.255 e. The summed E-state index contributed by atoms with van der Waals surface area (Å²) < 4.78 is 28.2. The number of halogens is 2. The van der Waals surface area contributed by atoms with Gasteiger partial charge in [-0.2, -0.15) is 0 Å². The van der Waals surface area contributed by atoms with Crippen molar-refractivity contribution < 1.29 is 18.7 Å². The van der Waals surface area contributed by atoms with Crippen LogP contribution in [0.2, 0.25) is 5.02 Å². The Bertz CT molecular complexity index is 2180. The number of imidazole rings is 1. The molecule has 1 aliphatic carbocycles. The van der Waals surface area contributed by atoms with E-state index >= 15 is 0 Å². The predicted octanol–water partition coefficient (Wildman–Crippen LogP) is 7.91. The number of pyridine rings is 1. The SMILES string of the molecule is Cc1cc(NC(=O)c2ccc3c(c2)nc(CN2CCC(c4cccc(OCc5ccc(Cl)cc5F)n4)CC2)n3C[C@@H]2CCO2)cc2c1NNC2C1CC1. The number of carbonyl (C=O) groups is 1. The summed E-state index contributed by atoms with van der Waals surface area (Å²) in [6.45, 7) is 6.20. The average molecular weight is 736 g/mol. The topological polar surface area (TPSA) is 106 Å². The molecule has 0 spiro atoms. The fourth-order valence-electron chi connectivity index (χ4n) is 7.93. The number of piperidine rings is 1. The summed E-state index contributed by atoms with van der Waals surface area (Å²) in [7, 11) is 0. The first kappa shape index (κ1) is 34.2. The lowest BCUT2D eigenvalue weighted by molar-refractivity contribution is -0.0592. The second-order valence-corrected chi connectivity index (χ2v) is 15.3. The molecule has 3 aromatic carbocycles. The van der Waals surface area contributed by atoms with Gasteiger partial charge in [-0.25, -0.2) is 19.8 Å². The molecule has 2 aromatic heterocycles. The van der Waals surface area contributed by atoms with Crippen molar-refractivity contribution in [2.75, 3.05) is 30.4 Å². The van der Waals surface area contributed by atoms with Crippen LogP contribution in [-0.4, -0.2) is 51.1 Å². The summed E-state index contributed by atoms with van der Waals surface area (Å²) in [5.74, 6) is 1.88. The number of fused-ring (bicyclic) bond motifs is 2. The number of nitrogens with zero attached hydrogens (tertiary/aromatic N) is 4. The molecule has 12 heteroatoms. The molecule has 5 aromatic rings. The fourth-order valence-corrected chi connectivity index (χ4v) is 8.09. The normalized spacial score (nSPS) is 20.2. The Morgan fingerprint density at radius 3 is 2.66 bits per heavy atom. The number of hydrogen-bond donors (Lipinski definition) is 3. The Kier molecular flexibility index (Phi) is 9.27. The number of aromatic nitrogens is 3. The Hall–Kier alpha value is -4.55. The van der Waals surface area contributed by atoms with Gasteiger partial charge in [-0.3, -0.25) is 9.69 Å². The largest absolute Gasteiger partial charge is 0.473 e. The Morgan fingerprint density at radius 2 is 1.89 bits per heavy atom. The highest BCUT2D eigenvalue weighted by atomic mass is 35.5. The van der Waals surface area contributed by atoms with Gasteiger partial charge in [0.15, 0.2) is 0 Å². The third-order valence-corrected chi connectivity index (χ3v) is 11.4. The van der Waals surface area contributed by atoms with E-state index in [9.17, 15) is 9.18 Å².